The summed E-state index contributed by atoms with van der Waals surface area (Å²) < 4.78 is 1.44. The van der Waals surface area contributed by atoms with Crippen LogP contribution in [0.4, 0.5) is 5.69 Å². The number of benzene rings is 1. The lowest BCUT2D eigenvalue weighted by Crippen LogP contribution is -2.25. The molecule has 1 aromatic carbocycles. The van der Waals surface area contributed by atoms with E-state index in [4.69, 9.17) is 11.6 Å². The monoisotopic (exact) mass is 426 g/mol. The summed E-state index contributed by atoms with van der Waals surface area (Å²) in [6, 6.07) is 9.95. The third kappa shape index (κ3) is 7.65. The van der Waals surface area contributed by atoms with Crippen molar-refractivity contribution < 1.29 is 0 Å². The summed E-state index contributed by atoms with van der Waals surface area (Å²) in [6.07, 6.45) is 5.69. The van der Waals surface area contributed by atoms with Gasteiger partial charge in [0.15, 0.2) is 0 Å². The van der Waals surface area contributed by atoms with Gasteiger partial charge in [-0.05, 0) is 70.3 Å². The van der Waals surface area contributed by atoms with Gasteiger partial charge in [-0.15, -0.1) is 0 Å². The first-order valence-corrected chi connectivity index (χ1v) is 10.4. The number of aryl methyl sites for hydroxylation is 1. The van der Waals surface area contributed by atoms with Gasteiger partial charge in [0.2, 0.25) is 0 Å². The summed E-state index contributed by atoms with van der Waals surface area (Å²) >= 11 is 5.75. The van der Waals surface area contributed by atoms with E-state index in [1.807, 2.05) is 30.3 Å². The number of allylic oxidation sites excluding steroid dienone is 4. The van der Waals surface area contributed by atoms with Gasteiger partial charge in [0.05, 0.1) is 12.2 Å². The van der Waals surface area contributed by atoms with Crippen molar-refractivity contribution in [3.05, 3.63) is 82.2 Å². The molecule has 0 aliphatic heterocycles. The number of nitrogens with one attached hydrogen (secondary N) is 1. The van der Waals surface area contributed by atoms with Crippen LogP contribution in [0, 0.1) is 6.92 Å². The molecule has 0 radical (unpaired) electrons. The summed E-state index contributed by atoms with van der Waals surface area (Å²) in [5.74, 6) is 0. The number of rotatable bonds is 11. The summed E-state index contributed by atoms with van der Waals surface area (Å²) in [7, 11) is 4.18. The molecule has 5 nitrogen and oxygen atoms in total. The predicted molar refractivity (Wildman–Crippen MR) is 128 cm³/mol. The van der Waals surface area contributed by atoms with Crippen LogP contribution in [0.25, 0.3) is 11.3 Å². The highest BCUT2D eigenvalue weighted by molar-refractivity contribution is 6.30. The highest BCUT2D eigenvalue weighted by Gasteiger charge is 2.08. The quantitative estimate of drug-likeness (QED) is 0.412. The van der Waals surface area contributed by atoms with Crippen LogP contribution >= 0.6 is 11.6 Å². The second-order valence-electron chi connectivity index (χ2n) is 7.63. The van der Waals surface area contributed by atoms with Crippen LogP contribution in [0.1, 0.15) is 18.4 Å². The highest BCUT2D eigenvalue weighted by Crippen LogP contribution is 2.20. The Hall–Kier alpha value is -2.63. The van der Waals surface area contributed by atoms with Crippen LogP contribution in [0.15, 0.2) is 71.0 Å². The Morgan fingerprint density at radius 2 is 1.90 bits per heavy atom. The van der Waals surface area contributed by atoms with Crippen LogP contribution < -0.4 is 10.9 Å². The number of anilines is 1. The van der Waals surface area contributed by atoms with Crippen molar-refractivity contribution >= 4 is 17.3 Å². The van der Waals surface area contributed by atoms with Gasteiger partial charge < -0.3 is 10.2 Å². The standard InChI is InChI=1S/C24H31ClN4O/c1-18(8-9-20(3)25)17-29-24(30)19(2)16-23(27-29)21-10-12-22(13-11-21)26-14-6-7-15-28(4)5/h8-13,16,26H,1,3,6-7,14-15,17H2,2,4-5H3/b9-8-. The maximum absolute atomic E-state index is 12.5. The zero-order valence-corrected chi connectivity index (χ0v) is 18.9. The van der Waals surface area contributed by atoms with Gasteiger partial charge in [0.1, 0.15) is 0 Å². The van der Waals surface area contributed by atoms with E-state index in [0.29, 0.717) is 17.1 Å². The van der Waals surface area contributed by atoms with Crippen molar-refractivity contribution in [2.75, 3.05) is 32.5 Å². The number of hydrogen-bond acceptors (Lipinski definition) is 4. The fraction of sp³-hybridized carbons (Fsp3) is 0.333. The summed E-state index contributed by atoms with van der Waals surface area (Å²) in [4.78, 5) is 14.7. The molecule has 6 heteroatoms. The molecule has 0 amide bonds. The van der Waals surface area contributed by atoms with Gasteiger partial charge in [0, 0.05) is 28.4 Å². The summed E-state index contributed by atoms with van der Waals surface area (Å²) in [6.45, 7) is 11.7. The minimum atomic E-state index is -0.131. The molecule has 0 aliphatic rings. The lowest BCUT2D eigenvalue weighted by atomic mass is 10.1. The van der Waals surface area contributed by atoms with Crippen molar-refractivity contribution in [2.24, 2.45) is 0 Å². The Balaban J connectivity index is 2.08. The fourth-order valence-corrected chi connectivity index (χ4v) is 2.98. The topological polar surface area (TPSA) is 50.2 Å². The van der Waals surface area contributed by atoms with Gasteiger partial charge in [-0.3, -0.25) is 4.79 Å². The molecule has 1 heterocycles. The average molecular weight is 427 g/mol. The first kappa shape index (κ1) is 23.6. The van der Waals surface area contributed by atoms with E-state index in [-0.39, 0.29) is 5.56 Å². The summed E-state index contributed by atoms with van der Waals surface area (Å²) in [5, 5.41) is 8.39. The van der Waals surface area contributed by atoms with Crippen LogP contribution in [-0.4, -0.2) is 41.9 Å². The molecule has 1 N–H and O–H groups in total. The van der Waals surface area contributed by atoms with E-state index in [9.17, 15) is 4.79 Å². The molecule has 2 rings (SSSR count). The van der Waals surface area contributed by atoms with E-state index in [1.165, 1.54) is 11.1 Å². The van der Waals surface area contributed by atoms with E-state index in [1.54, 1.807) is 19.1 Å². The minimum Gasteiger partial charge on any atom is -0.385 e. The molecule has 0 bridgehead atoms. The molecule has 1 aromatic heterocycles. The molecule has 0 unspecified atom stereocenters. The number of unbranched alkanes of at least 4 members (excludes halogenated alkanes) is 1. The first-order chi connectivity index (χ1) is 14.3. The second kappa shape index (κ2) is 11.5. The molecule has 0 fully saturated rings. The lowest BCUT2D eigenvalue weighted by molar-refractivity contribution is 0.396. The zero-order chi connectivity index (χ0) is 22.1. The molecule has 0 saturated heterocycles. The number of hydrogen-bond donors (Lipinski definition) is 1. The Labute approximate surface area is 184 Å². The van der Waals surface area contributed by atoms with E-state index < -0.39 is 0 Å². The Kier molecular flexibility index (Phi) is 9.09. The average Bonchev–Trinajstić information content (AvgIpc) is 2.69. The maximum atomic E-state index is 12.5. The number of halogens is 1. The summed E-state index contributed by atoms with van der Waals surface area (Å²) in [5.41, 5.74) is 4.02. The Bertz CT molecular complexity index is 958. The normalized spacial score (nSPS) is 11.2. The molecule has 0 atom stereocenters. The zero-order valence-electron chi connectivity index (χ0n) is 18.1. The minimum absolute atomic E-state index is 0.131. The van der Waals surface area contributed by atoms with Gasteiger partial charge in [0.25, 0.3) is 5.56 Å². The SMILES string of the molecule is C=C(Cl)/C=C\C(=C)Cn1nc(-c2ccc(NCCCCN(C)C)cc2)cc(C)c1=O. The first-order valence-electron chi connectivity index (χ1n) is 10.0. The van der Waals surface area contributed by atoms with Crippen molar-refractivity contribution in [3.8, 4) is 11.3 Å². The van der Waals surface area contributed by atoms with Crippen LogP contribution in [0.2, 0.25) is 0 Å². The van der Waals surface area contributed by atoms with Crippen molar-refractivity contribution in [1.82, 2.24) is 14.7 Å². The van der Waals surface area contributed by atoms with Gasteiger partial charge in [-0.25, -0.2) is 4.68 Å². The molecule has 30 heavy (non-hydrogen) atoms. The van der Waals surface area contributed by atoms with Gasteiger partial charge >= 0.3 is 0 Å². The van der Waals surface area contributed by atoms with Crippen molar-refractivity contribution in [3.63, 3.8) is 0 Å². The van der Waals surface area contributed by atoms with Crippen molar-refractivity contribution in [2.45, 2.75) is 26.3 Å². The maximum Gasteiger partial charge on any atom is 0.270 e. The van der Waals surface area contributed by atoms with E-state index in [0.717, 1.165) is 42.0 Å². The number of nitrogens with zero attached hydrogens (tertiary/aromatic N) is 3. The molecule has 0 saturated carbocycles. The van der Waals surface area contributed by atoms with Gasteiger partial charge in [-0.2, -0.15) is 5.10 Å². The van der Waals surface area contributed by atoms with Crippen LogP contribution in [0.5, 0.6) is 0 Å². The third-order valence-corrected chi connectivity index (χ3v) is 4.67. The van der Waals surface area contributed by atoms with Gasteiger partial charge in [-0.1, -0.05) is 43.0 Å². The fourth-order valence-electron chi connectivity index (χ4n) is 2.92. The van der Waals surface area contributed by atoms with Crippen LogP contribution in [-0.2, 0) is 6.54 Å². The molecule has 2 aromatic rings. The predicted octanol–water partition coefficient (Wildman–Crippen LogP) is 4.84. The van der Waals surface area contributed by atoms with Crippen molar-refractivity contribution in [1.29, 1.82) is 0 Å². The number of aromatic nitrogens is 2. The lowest BCUT2D eigenvalue weighted by Gasteiger charge is -2.11. The Morgan fingerprint density at radius 3 is 2.53 bits per heavy atom. The smallest absolute Gasteiger partial charge is 0.270 e. The molecular weight excluding hydrogens is 396 g/mol. The Morgan fingerprint density at radius 1 is 1.20 bits per heavy atom. The highest BCUT2D eigenvalue weighted by atomic mass is 35.5. The molecule has 0 aliphatic carbocycles. The third-order valence-electron chi connectivity index (χ3n) is 4.55. The van der Waals surface area contributed by atoms with E-state index in [2.05, 4.69) is 42.6 Å². The molecule has 0 spiro atoms. The molecule has 160 valence electrons. The van der Waals surface area contributed by atoms with Crippen LogP contribution in [0.3, 0.4) is 0 Å². The second-order valence-corrected chi connectivity index (χ2v) is 8.11. The van der Waals surface area contributed by atoms with E-state index >= 15 is 0 Å². The largest absolute Gasteiger partial charge is 0.385 e. The molecular formula is C24H31ClN4O.